The predicted molar refractivity (Wildman–Crippen MR) is 102 cm³/mol. The van der Waals surface area contributed by atoms with E-state index in [9.17, 15) is 14.0 Å². The van der Waals surface area contributed by atoms with Crippen molar-refractivity contribution in [1.29, 1.82) is 0 Å². The van der Waals surface area contributed by atoms with E-state index in [2.05, 4.69) is 22.2 Å². The van der Waals surface area contributed by atoms with Gasteiger partial charge in [0.15, 0.2) is 0 Å². The third-order valence-corrected chi connectivity index (χ3v) is 4.63. The molecule has 0 unspecified atom stereocenters. The molecule has 0 spiro atoms. The maximum Gasteiger partial charge on any atom is 0.337 e. The summed E-state index contributed by atoms with van der Waals surface area (Å²) in [4.78, 5) is 28.8. The molecule has 0 atom stereocenters. The van der Waals surface area contributed by atoms with Gasteiger partial charge in [-0.05, 0) is 37.4 Å². The SMILES string of the molecule is COC(=O)c1ccc(N2CCN(C)CC2)c(NC(=O)c2ccccc2F)c1. The van der Waals surface area contributed by atoms with E-state index in [-0.39, 0.29) is 5.56 Å². The Hall–Kier alpha value is -2.93. The molecule has 1 aliphatic heterocycles. The van der Waals surface area contributed by atoms with Gasteiger partial charge in [0.05, 0.1) is 29.6 Å². The molecule has 1 fully saturated rings. The first-order valence-corrected chi connectivity index (χ1v) is 8.71. The maximum atomic E-state index is 14.0. The Kier molecular flexibility index (Phi) is 5.71. The lowest BCUT2D eigenvalue weighted by Gasteiger charge is -2.35. The number of esters is 1. The van der Waals surface area contributed by atoms with E-state index in [4.69, 9.17) is 4.74 Å². The molecular formula is C20H22FN3O3. The number of halogens is 1. The van der Waals surface area contributed by atoms with Gasteiger partial charge in [0.2, 0.25) is 0 Å². The number of rotatable bonds is 4. The van der Waals surface area contributed by atoms with Crippen molar-refractivity contribution in [3.8, 4) is 0 Å². The summed E-state index contributed by atoms with van der Waals surface area (Å²) in [6.07, 6.45) is 0. The molecular weight excluding hydrogens is 349 g/mol. The molecule has 1 saturated heterocycles. The number of hydrogen-bond donors (Lipinski definition) is 1. The quantitative estimate of drug-likeness (QED) is 0.837. The largest absolute Gasteiger partial charge is 0.465 e. The van der Waals surface area contributed by atoms with Gasteiger partial charge in [0.25, 0.3) is 5.91 Å². The molecule has 2 aromatic rings. The maximum absolute atomic E-state index is 14.0. The highest BCUT2D eigenvalue weighted by Crippen LogP contribution is 2.29. The Morgan fingerprint density at radius 1 is 1.07 bits per heavy atom. The average molecular weight is 371 g/mol. The van der Waals surface area contributed by atoms with E-state index in [1.807, 2.05) is 0 Å². The summed E-state index contributed by atoms with van der Waals surface area (Å²) in [5.74, 6) is -1.66. The van der Waals surface area contributed by atoms with E-state index in [1.54, 1.807) is 24.3 Å². The lowest BCUT2D eigenvalue weighted by Crippen LogP contribution is -2.44. The number of hydrogen-bond acceptors (Lipinski definition) is 5. The number of nitrogens with zero attached hydrogens (tertiary/aromatic N) is 2. The van der Waals surface area contributed by atoms with Gasteiger partial charge in [-0.3, -0.25) is 4.79 Å². The number of carbonyl (C=O) groups excluding carboxylic acids is 2. The van der Waals surface area contributed by atoms with Crippen molar-refractivity contribution in [2.45, 2.75) is 0 Å². The Balaban J connectivity index is 1.93. The fourth-order valence-electron chi connectivity index (χ4n) is 3.04. The number of benzene rings is 2. The zero-order valence-corrected chi connectivity index (χ0v) is 15.4. The minimum absolute atomic E-state index is 0.0506. The van der Waals surface area contributed by atoms with E-state index in [1.165, 1.54) is 25.3 Å². The van der Waals surface area contributed by atoms with Crippen LogP contribution in [0, 0.1) is 5.82 Å². The lowest BCUT2D eigenvalue weighted by molar-refractivity contribution is 0.0600. The normalized spacial score (nSPS) is 14.7. The number of carbonyl (C=O) groups is 2. The molecule has 142 valence electrons. The Labute approximate surface area is 157 Å². The topological polar surface area (TPSA) is 61.9 Å². The molecule has 1 aliphatic rings. The molecule has 1 heterocycles. The van der Waals surface area contributed by atoms with E-state index in [0.29, 0.717) is 11.3 Å². The fourth-order valence-corrected chi connectivity index (χ4v) is 3.04. The van der Waals surface area contributed by atoms with Gasteiger partial charge in [0.1, 0.15) is 5.82 Å². The van der Waals surface area contributed by atoms with Crippen LogP contribution in [0.2, 0.25) is 0 Å². The molecule has 0 radical (unpaired) electrons. The number of amides is 1. The number of nitrogens with one attached hydrogen (secondary N) is 1. The highest BCUT2D eigenvalue weighted by molar-refractivity contribution is 6.07. The van der Waals surface area contributed by atoms with Gasteiger partial charge < -0.3 is 19.9 Å². The second-order valence-electron chi connectivity index (χ2n) is 6.45. The number of ether oxygens (including phenoxy) is 1. The van der Waals surface area contributed by atoms with Crippen LogP contribution in [0.1, 0.15) is 20.7 Å². The first-order valence-electron chi connectivity index (χ1n) is 8.71. The molecule has 6 nitrogen and oxygen atoms in total. The average Bonchev–Trinajstić information content (AvgIpc) is 2.68. The molecule has 0 saturated carbocycles. The lowest BCUT2D eigenvalue weighted by atomic mass is 10.1. The standard InChI is InChI=1S/C20H22FN3O3/c1-23-9-11-24(12-10-23)18-8-7-14(20(26)27-2)13-17(18)22-19(25)15-5-3-4-6-16(15)21/h3-8,13H,9-12H2,1-2H3,(H,22,25). The molecule has 1 amide bonds. The fraction of sp³-hybridized carbons (Fsp3) is 0.300. The van der Waals surface area contributed by atoms with E-state index < -0.39 is 17.7 Å². The first kappa shape index (κ1) is 18.8. The third-order valence-electron chi connectivity index (χ3n) is 4.63. The highest BCUT2D eigenvalue weighted by atomic mass is 19.1. The molecule has 0 bridgehead atoms. The monoisotopic (exact) mass is 371 g/mol. The second kappa shape index (κ2) is 8.18. The van der Waals surface area contributed by atoms with Gasteiger partial charge in [0, 0.05) is 26.2 Å². The van der Waals surface area contributed by atoms with E-state index >= 15 is 0 Å². The Bertz CT molecular complexity index is 848. The van der Waals surface area contributed by atoms with Crippen molar-refractivity contribution < 1.29 is 18.7 Å². The molecule has 1 N–H and O–H groups in total. The van der Waals surface area contributed by atoms with Gasteiger partial charge in [-0.25, -0.2) is 9.18 Å². The molecule has 3 rings (SSSR count). The van der Waals surface area contributed by atoms with Crippen LogP contribution in [-0.2, 0) is 4.74 Å². The number of piperazine rings is 1. The predicted octanol–water partition coefficient (Wildman–Crippen LogP) is 2.62. The van der Waals surface area contributed by atoms with Crippen molar-refractivity contribution in [2.75, 3.05) is 50.6 Å². The molecule has 2 aromatic carbocycles. The van der Waals surface area contributed by atoms with Crippen LogP contribution in [0.15, 0.2) is 42.5 Å². The van der Waals surface area contributed by atoms with Crippen molar-refractivity contribution in [2.24, 2.45) is 0 Å². The van der Waals surface area contributed by atoms with Gasteiger partial charge in [-0.1, -0.05) is 12.1 Å². The van der Waals surface area contributed by atoms with Gasteiger partial charge in [-0.15, -0.1) is 0 Å². The summed E-state index contributed by atoms with van der Waals surface area (Å²) in [6, 6.07) is 10.8. The van der Waals surface area contributed by atoms with Crippen LogP contribution in [-0.4, -0.2) is 57.1 Å². The summed E-state index contributed by atoms with van der Waals surface area (Å²) in [5, 5.41) is 2.75. The van der Waals surface area contributed by atoms with Crippen LogP contribution in [0.5, 0.6) is 0 Å². The van der Waals surface area contributed by atoms with Crippen molar-refractivity contribution in [3.63, 3.8) is 0 Å². The molecule has 7 heteroatoms. The van der Waals surface area contributed by atoms with Crippen LogP contribution in [0.25, 0.3) is 0 Å². The smallest absolute Gasteiger partial charge is 0.337 e. The summed E-state index contributed by atoms with van der Waals surface area (Å²) in [6.45, 7) is 3.35. The minimum atomic E-state index is -0.597. The van der Waals surface area contributed by atoms with E-state index in [0.717, 1.165) is 31.9 Å². The summed E-state index contributed by atoms with van der Waals surface area (Å²) < 4.78 is 18.7. The summed E-state index contributed by atoms with van der Waals surface area (Å²) >= 11 is 0. The Morgan fingerprint density at radius 2 is 1.78 bits per heavy atom. The van der Waals surface area contributed by atoms with Crippen LogP contribution < -0.4 is 10.2 Å². The molecule has 27 heavy (non-hydrogen) atoms. The molecule has 0 aromatic heterocycles. The zero-order chi connectivity index (χ0) is 19.4. The number of methoxy groups -OCH3 is 1. The van der Waals surface area contributed by atoms with Crippen molar-refractivity contribution in [3.05, 3.63) is 59.4 Å². The third kappa shape index (κ3) is 4.25. The van der Waals surface area contributed by atoms with Crippen molar-refractivity contribution >= 4 is 23.3 Å². The first-order chi connectivity index (χ1) is 13.0. The zero-order valence-electron chi connectivity index (χ0n) is 15.4. The van der Waals surface area contributed by atoms with Gasteiger partial charge >= 0.3 is 5.97 Å². The van der Waals surface area contributed by atoms with Crippen LogP contribution in [0.4, 0.5) is 15.8 Å². The van der Waals surface area contributed by atoms with Crippen molar-refractivity contribution in [1.82, 2.24) is 4.90 Å². The Morgan fingerprint density at radius 3 is 2.44 bits per heavy atom. The highest BCUT2D eigenvalue weighted by Gasteiger charge is 2.21. The number of anilines is 2. The second-order valence-corrected chi connectivity index (χ2v) is 6.45. The van der Waals surface area contributed by atoms with Crippen LogP contribution in [0.3, 0.4) is 0 Å². The summed E-state index contributed by atoms with van der Waals surface area (Å²) in [5.41, 5.74) is 1.51. The summed E-state index contributed by atoms with van der Waals surface area (Å²) in [7, 11) is 3.35. The van der Waals surface area contributed by atoms with Crippen LogP contribution >= 0.6 is 0 Å². The van der Waals surface area contributed by atoms with Gasteiger partial charge in [-0.2, -0.15) is 0 Å². The molecule has 0 aliphatic carbocycles. The minimum Gasteiger partial charge on any atom is -0.465 e. The number of likely N-dealkylation sites (N-methyl/N-ethyl adjacent to an activating group) is 1.